The van der Waals surface area contributed by atoms with Gasteiger partial charge in [0.25, 0.3) is 0 Å². The van der Waals surface area contributed by atoms with Gasteiger partial charge in [-0.1, -0.05) is 24.3 Å². The number of primary amides is 1. The minimum atomic E-state index is -0.346. The second-order valence-corrected chi connectivity index (χ2v) is 6.36. The third-order valence-corrected chi connectivity index (χ3v) is 4.87. The van der Waals surface area contributed by atoms with E-state index < -0.39 is 0 Å². The average Bonchev–Trinajstić information content (AvgIpc) is 2.76. The molecule has 1 amide bonds. The van der Waals surface area contributed by atoms with Crippen LogP contribution in [0.15, 0.2) is 47.4 Å². The molecule has 0 saturated heterocycles. The molecule has 3 rings (SSSR count). The van der Waals surface area contributed by atoms with Crippen LogP contribution in [0.2, 0.25) is 0 Å². The molecule has 0 bridgehead atoms. The SMILES string of the molecule is NC(=O)[C@@H]1CSc2cc(OCc3ccccc3F)ccc2CN1. The Morgan fingerprint density at radius 2 is 2.17 bits per heavy atom. The van der Waals surface area contributed by atoms with Crippen molar-refractivity contribution < 1.29 is 13.9 Å². The summed E-state index contributed by atoms with van der Waals surface area (Å²) >= 11 is 1.57. The Bertz CT molecular complexity index is 723. The zero-order valence-corrected chi connectivity index (χ0v) is 13.2. The van der Waals surface area contributed by atoms with Crippen LogP contribution in [0.5, 0.6) is 5.75 Å². The minimum absolute atomic E-state index is 0.179. The second-order valence-electron chi connectivity index (χ2n) is 5.30. The number of halogens is 1. The number of carbonyl (C=O) groups excluding carboxylic acids is 1. The van der Waals surface area contributed by atoms with E-state index in [2.05, 4.69) is 5.32 Å². The van der Waals surface area contributed by atoms with Crippen molar-refractivity contribution in [2.24, 2.45) is 5.73 Å². The minimum Gasteiger partial charge on any atom is -0.489 e. The van der Waals surface area contributed by atoms with Crippen molar-refractivity contribution in [1.82, 2.24) is 5.32 Å². The standard InChI is InChI=1S/C17H17FN2O2S/c18-14-4-2-1-3-12(14)9-22-13-6-5-11-8-20-15(17(19)21)10-23-16(11)7-13/h1-7,15,20H,8-10H2,(H2,19,21)/t15-/m0/s1. The van der Waals surface area contributed by atoms with E-state index in [4.69, 9.17) is 10.5 Å². The quantitative estimate of drug-likeness (QED) is 0.903. The van der Waals surface area contributed by atoms with Gasteiger partial charge in [-0.05, 0) is 23.8 Å². The molecule has 6 heteroatoms. The third kappa shape index (κ3) is 3.83. The molecule has 2 aromatic rings. The summed E-state index contributed by atoms with van der Waals surface area (Å²) in [6.07, 6.45) is 0. The first-order valence-corrected chi connectivity index (χ1v) is 8.26. The maximum atomic E-state index is 13.6. The number of ether oxygens (including phenoxy) is 1. The van der Waals surface area contributed by atoms with E-state index in [1.165, 1.54) is 6.07 Å². The number of nitrogens with two attached hydrogens (primary N) is 1. The van der Waals surface area contributed by atoms with Crippen LogP contribution < -0.4 is 15.8 Å². The molecular formula is C17H17FN2O2S. The van der Waals surface area contributed by atoms with Crippen molar-refractivity contribution in [1.29, 1.82) is 0 Å². The van der Waals surface area contributed by atoms with Crippen molar-refractivity contribution >= 4 is 17.7 Å². The Kier molecular flexibility index (Phi) is 4.83. The summed E-state index contributed by atoms with van der Waals surface area (Å²) in [6.45, 7) is 0.766. The summed E-state index contributed by atoms with van der Waals surface area (Å²) < 4.78 is 19.3. The first kappa shape index (κ1) is 15.8. The van der Waals surface area contributed by atoms with Gasteiger partial charge >= 0.3 is 0 Å². The number of hydrogen-bond acceptors (Lipinski definition) is 4. The predicted octanol–water partition coefficient (Wildman–Crippen LogP) is 2.45. The molecule has 0 unspecified atom stereocenters. The molecule has 0 aromatic heterocycles. The van der Waals surface area contributed by atoms with E-state index >= 15 is 0 Å². The molecule has 1 atom stereocenters. The van der Waals surface area contributed by atoms with Gasteiger partial charge in [0.15, 0.2) is 0 Å². The Labute approximate surface area is 138 Å². The van der Waals surface area contributed by atoms with Crippen LogP contribution in [-0.4, -0.2) is 17.7 Å². The maximum absolute atomic E-state index is 13.6. The number of thioether (sulfide) groups is 1. The van der Waals surface area contributed by atoms with Gasteiger partial charge in [0, 0.05) is 22.8 Å². The van der Waals surface area contributed by atoms with Gasteiger partial charge in [-0.15, -0.1) is 11.8 Å². The molecule has 0 saturated carbocycles. The third-order valence-electron chi connectivity index (χ3n) is 3.68. The Hall–Kier alpha value is -2.05. The summed E-state index contributed by atoms with van der Waals surface area (Å²) in [5.41, 5.74) is 6.97. The van der Waals surface area contributed by atoms with Crippen LogP contribution >= 0.6 is 11.8 Å². The summed E-state index contributed by atoms with van der Waals surface area (Å²) in [7, 11) is 0. The smallest absolute Gasteiger partial charge is 0.235 e. The van der Waals surface area contributed by atoms with Crippen molar-refractivity contribution in [3.8, 4) is 5.75 Å². The topological polar surface area (TPSA) is 64.4 Å². The average molecular weight is 332 g/mol. The van der Waals surface area contributed by atoms with E-state index in [1.54, 1.807) is 30.0 Å². The highest BCUT2D eigenvalue weighted by molar-refractivity contribution is 7.99. The second kappa shape index (κ2) is 7.02. The summed E-state index contributed by atoms with van der Waals surface area (Å²) in [6, 6.07) is 11.9. The number of benzene rings is 2. The lowest BCUT2D eigenvalue weighted by molar-refractivity contribution is -0.119. The molecule has 0 radical (unpaired) electrons. The predicted molar refractivity (Wildman–Crippen MR) is 87.7 cm³/mol. The molecule has 0 fully saturated rings. The van der Waals surface area contributed by atoms with Crippen LogP contribution in [0.1, 0.15) is 11.1 Å². The fraction of sp³-hybridized carbons (Fsp3) is 0.235. The van der Waals surface area contributed by atoms with Crippen LogP contribution in [0.3, 0.4) is 0 Å². The van der Waals surface area contributed by atoms with Gasteiger partial charge in [-0.25, -0.2) is 4.39 Å². The zero-order chi connectivity index (χ0) is 16.2. The van der Waals surface area contributed by atoms with Crippen molar-refractivity contribution in [3.63, 3.8) is 0 Å². The van der Waals surface area contributed by atoms with Crippen LogP contribution in [0.4, 0.5) is 4.39 Å². The number of nitrogens with one attached hydrogen (secondary N) is 1. The van der Waals surface area contributed by atoms with Gasteiger partial charge < -0.3 is 15.8 Å². The molecular weight excluding hydrogens is 315 g/mol. The van der Waals surface area contributed by atoms with E-state index in [-0.39, 0.29) is 24.4 Å². The summed E-state index contributed by atoms with van der Waals surface area (Å²) in [5.74, 6) is 0.641. The van der Waals surface area contributed by atoms with Crippen LogP contribution in [0.25, 0.3) is 0 Å². The Morgan fingerprint density at radius 3 is 2.96 bits per heavy atom. The van der Waals surface area contributed by atoms with E-state index in [0.717, 1.165) is 10.5 Å². The normalized spacial score (nSPS) is 17.2. The van der Waals surface area contributed by atoms with Gasteiger partial charge in [0.1, 0.15) is 18.2 Å². The molecule has 0 aliphatic carbocycles. The fourth-order valence-electron chi connectivity index (χ4n) is 2.33. The maximum Gasteiger partial charge on any atom is 0.235 e. The van der Waals surface area contributed by atoms with Crippen LogP contribution in [0, 0.1) is 5.82 Å². The molecule has 120 valence electrons. The van der Waals surface area contributed by atoms with Crippen molar-refractivity contribution in [2.75, 3.05) is 5.75 Å². The van der Waals surface area contributed by atoms with Gasteiger partial charge in [0.05, 0.1) is 6.04 Å². The lowest BCUT2D eigenvalue weighted by Gasteiger charge is -2.10. The van der Waals surface area contributed by atoms with Gasteiger partial charge in [-0.3, -0.25) is 4.79 Å². The lowest BCUT2D eigenvalue weighted by atomic mass is 10.2. The summed E-state index contributed by atoms with van der Waals surface area (Å²) in [5, 5.41) is 3.14. The zero-order valence-electron chi connectivity index (χ0n) is 12.4. The first-order valence-electron chi connectivity index (χ1n) is 7.28. The first-order chi connectivity index (χ1) is 11.1. The van der Waals surface area contributed by atoms with Crippen molar-refractivity contribution in [3.05, 3.63) is 59.4 Å². The highest BCUT2D eigenvalue weighted by Gasteiger charge is 2.20. The summed E-state index contributed by atoms with van der Waals surface area (Å²) in [4.78, 5) is 12.4. The number of amides is 1. The van der Waals surface area contributed by atoms with Crippen LogP contribution in [-0.2, 0) is 17.9 Å². The van der Waals surface area contributed by atoms with E-state index in [0.29, 0.717) is 23.6 Å². The highest BCUT2D eigenvalue weighted by Crippen LogP contribution is 2.30. The van der Waals surface area contributed by atoms with E-state index in [1.807, 2.05) is 18.2 Å². The number of carbonyl (C=O) groups is 1. The fourth-order valence-corrected chi connectivity index (χ4v) is 3.48. The van der Waals surface area contributed by atoms with Crippen molar-refractivity contribution in [2.45, 2.75) is 24.1 Å². The molecule has 1 heterocycles. The Morgan fingerprint density at radius 1 is 1.35 bits per heavy atom. The number of rotatable bonds is 4. The molecule has 1 aliphatic rings. The molecule has 3 N–H and O–H groups in total. The molecule has 2 aromatic carbocycles. The van der Waals surface area contributed by atoms with Gasteiger partial charge in [0.2, 0.25) is 5.91 Å². The van der Waals surface area contributed by atoms with E-state index in [9.17, 15) is 9.18 Å². The largest absolute Gasteiger partial charge is 0.489 e. The highest BCUT2D eigenvalue weighted by atomic mass is 32.2. The molecule has 1 aliphatic heterocycles. The van der Waals surface area contributed by atoms with Gasteiger partial charge in [-0.2, -0.15) is 0 Å². The number of fused-ring (bicyclic) bond motifs is 1. The molecule has 23 heavy (non-hydrogen) atoms. The molecule has 0 spiro atoms. The monoisotopic (exact) mass is 332 g/mol. The lowest BCUT2D eigenvalue weighted by Crippen LogP contribution is -2.41. The Balaban J connectivity index is 1.70. The number of hydrogen-bond donors (Lipinski definition) is 2. The molecule has 4 nitrogen and oxygen atoms in total.